The summed E-state index contributed by atoms with van der Waals surface area (Å²) in [5.41, 5.74) is 2.38. The Morgan fingerprint density at radius 3 is 2.75 bits per heavy atom. The summed E-state index contributed by atoms with van der Waals surface area (Å²) in [4.78, 5) is 0. The summed E-state index contributed by atoms with van der Waals surface area (Å²) in [6, 6.07) is 8.39. The average molecular weight is 336 g/mol. The number of methoxy groups -OCH3 is 1. The molecule has 0 aliphatic heterocycles. The van der Waals surface area contributed by atoms with Gasteiger partial charge in [-0.1, -0.05) is 13.0 Å². The summed E-state index contributed by atoms with van der Waals surface area (Å²) in [5.74, 6) is 0.847. The molecule has 20 heavy (non-hydrogen) atoms. The number of aromatic nitrogens is 2. The second-order valence-electron chi connectivity index (χ2n) is 4.46. The Morgan fingerprint density at radius 1 is 1.30 bits per heavy atom. The Labute approximate surface area is 127 Å². The highest BCUT2D eigenvalue weighted by Gasteiger charge is 2.12. The molecule has 5 heteroatoms. The van der Waals surface area contributed by atoms with E-state index in [1.165, 1.54) is 5.56 Å². The summed E-state index contributed by atoms with van der Waals surface area (Å²) in [6.45, 7) is 3.01. The first kappa shape index (κ1) is 14.9. The zero-order valence-corrected chi connectivity index (χ0v) is 13.2. The van der Waals surface area contributed by atoms with E-state index in [1.807, 2.05) is 18.3 Å². The number of hydrogen-bond acceptors (Lipinski definition) is 4. The van der Waals surface area contributed by atoms with Crippen molar-refractivity contribution in [2.75, 3.05) is 13.7 Å². The molecule has 1 unspecified atom stereocenters. The van der Waals surface area contributed by atoms with E-state index in [9.17, 15) is 0 Å². The average Bonchev–Trinajstić information content (AvgIpc) is 2.48. The van der Waals surface area contributed by atoms with E-state index in [2.05, 4.69) is 50.5 Å². The van der Waals surface area contributed by atoms with Gasteiger partial charge in [0.05, 0.1) is 17.8 Å². The topological polar surface area (TPSA) is 47.0 Å². The Morgan fingerprint density at radius 2 is 2.15 bits per heavy atom. The van der Waals surface area contributed by atoms with Crippen molar-refractivity contribution in [2.45, 2.75) is 19.4 Å². The van der Waals surface area contributed by atoms with E-state index in [0.29, 0.717) is 0 Å². The van der Waals surface area contributed by atoms with Crippen LogP contribution in [0.3, 0.4) is 0 Å². The lowest BCUT2D eigenvalue weighted by atomic mass is 10.0. The molecule has 1 N–H and O–H groups in total. The van der Waals surface area contributed by atoms with Gasteiger partial charge in [-0.3, -0.25) is 0 Å². The molecule has 0 saturated heterocycles. The van der Waals surface area contributed by atoms with Crippen molar-refractivity contribution in [2.24, 2.45) is 0 Å². The predicted octanol–water partition coefficient (Wildman–Crippen LogP) is 3.14. The van der Waals surface area contributed by atoms with E-state index in [4.69, 9.17) is 4.74 Å². The van der Waals surface area contributed by atoms with Gasteiger partial charge in [-0.05, 0) is 58.2 Å². The maximum absolute atomic E-state index is 5.26. The molecule has 2 aromatic rings. The van der Waals surface area contributed by atoms with E-state index < -0.39 is 0 Å². The number of nitrogens with one attached hydrogen (secondary N) is 1. The predicted molar refractivity (Wildman–Crippen MR) is 82.8 cm³/mol. The lowest BCUT2D eigenvalue weighted by molar-refractivity contribution is 0.412. The van der Waals surface area contributed by atoms with Crippen LogP contribution in [0, 0.1) is 0 Å². The number of rotatable bonds is 6. The Bertz CT molecular complexity index is 548. The van der Waals surface area contributed by atoms with Gasteiger partial charge in [0.25, 0.3) is 0 Å². The van der Waals surface area contributed by atoms with Crippen molar-refractivity contribution in [1.29, 1.82) is 0 Å². The van der Waals surface area contributed by atoms with E-state index in [-0.39, 0.29) is 6.04 Å². The number of nitrogens with zero attached hydrogens (tertiary/aromatic N) is 2. The van der Waals surface area contributed by atoms with Crippen LogP contribution in [-0.2, 0) is 6.42 Å². The maximum atomic E-state index is 5.26. The molecule has 2 rings (SSSR count). The molecule has 0 bridgehead atoms. The molecule has 0 spiro atoms. The summed E-state index contributed by atoms with van der Waals surface area (Å²) < 4.78 is 6.23. The number of hydrogen-bond donors (Lipinski definition) is 1. The summed E-state index contributed by atoms with van der Waals surface area (Å²) in [7, 11) is 1.67. The van der Waals surface area contributed by atoms with Gasteiger partial charge in [0, 0.05) is 12.2 Å². The number of ether oxygens (including phenoxy) is 1. The third-order valence-electron chi connectivity index (χ3n) is 3.12. The fourth-order valence-corrected chi connectivity index (χ4v) is 2.72. The van der Waals surface area contributed by atoms with Crippen molar-refractivity contribution in [3.05, 3.63) is 52.3 Å². The fourth-order valence-electron chi connectivity index (χ4n) is 2.13. The second kappa shape index (κ2) is 7.36. The van der Waals surface area contributed by atoms with Gasteiger partial charge in [-0.2, -0.15) is 10.2 Å². The molecule has 0 radical (unpaired) electrons. The molecule has 0 aliphatic carbocycles. The lowest BCUT2D eigenvalue weighted by Crippen LogP contribution is -2.23. The van der Waals surface area contributed by atoms with Crippen LogP contribution >= 0.6 is 15.9 Å². The van der Waals surface area contributed by atoms with Crippen LogP contribution in [-0.4, -0.2) is 23.9 Å². The molecular weight excluding hydrogens is 318 g/mol. The second-order valence-corrected chi connectivity index (χ2v) is 5.31. The number of likely N-dealkylation sites (N-methyl/N-ethyl adjacent to an activating group) is 1. The highest BCUT2D eigenvalue weighted by atomic mass is 79.9. The third kappa shape index (κ3) is 3.77. The SMILES string of the molecule is CCNC(Cc1ccc(OC)c(Br)c1)c1ccnnc1. The molecule has 1 heterocycles. The minimum atomic E-state index is 0.232. The maximum Gasteiger partial charge on any atom is 0.133 e. The quantitative estimate of drug-likeness (QED) is 0.880. The van der Waals surface area contributed by atoms with E-state index in [1.54, 1.807) is 13.3 Å². The zero-order chi connectivity index (χ0) is 14.4. The van der Waals surface area contributed by atoms with Gasteiger partial charge in [0.2, 0.25) is 0 Å². The molecule has 1 atom stereocenters. The Balaban J connectivity index is 2.18. The van der Waals surface area contributed by atoms with Gasteiger partial charge < -0.3 is 10.1 Å². The van der Waals surface area contributed by atoms with Crippen LogP contribution in [0.1, 0.15) is 24.1 Å². The van der Waals surface area contributed by atoms with Crippen molar-refractivity contribution < 1.29 is 4.74 Å². The Hall–Kier alpha value is -1.46. The van der Waals surface area contributed by atoms with Gasteiger partial charge >= 0.3 is 0 Å². The first-order valence-electron chi connectivity index (χ1n) is 6.57. The monoisotopic (exact) mass is 335 g/mol. The van der Waals surface area contributed by atoms with Crippen LogP contribution in [0.2, 0.25) is 0 Å². The molecule has 0 fully saturated rings. The first-order valence-corrected chi connectivity index (χ1v) is 7.36. The summed E-state index contributed by atoms with van der Waals surface area (Å²) in [5, 5.41) is 11.3. The molecule has 0 aliphatic rings. The Kier molecular flexibility index (Phi) is 5.49. The summed E-state index contributed by atoms with van der Waals surface area (Å²) in [6.07, 6.45) is 4.43. The van der Waals surface area contributed by atoms with Crippen molar-refractivity contribution in [3.63, 3.8) is 0 Å². The van der Waals surface area contributed by atoms with Gasteiger partial charge in [0.1, 0.15) is 5.75 Å². The molecule has 1 aromatic carbocycles. The van der Waals surface area contributed by atoms with Crippen LogP contribution in [0.15, 0.2) is 41.1 Å². The van der Waals surface area contributed by atoms with Crippen LogP contribution < -0.4 is 10.1 Å². The smallest absolute Gasteiger partial charge is 0.133 e. The molecule has 106 valence electrons. The molecule has 4 nitrogen and oxygen atoms in total. The lowest BCUT2D eigenvalue weighted by Gasteiger charge is -2.18. The third-order valence-corrected chi connectivity index (χ3v) is 3.74. The minimum absolute atomic E-state index is 0.232. The van der Waals surface area contributed by atoms with Gasteiger partial charge in [-0.15, -0.1) is 0 Å². The van der Waals surface area contributed by atoms with Gasteiger partial charge in [-0.25, -0.2) is 0 Å². The zero-order valence-electron chi connectivity index (χ0n) is 11.6. The highest BCUT2D eigenvalue weighted by molar-refractivity contribution is 9.10. The fraction of sp³-hybridized carbons (Fsp3) is 0.333. The van der Waals surface area contributed by atoms with Crippen LogP contribution in [0.4, 0.5) is 0 Å². The summed E-state index contributed by atoms with van der Waals surface area (Å²) >= 11 is 3.52. The highest BCUT2D eigenvalue weighted by Crippen LogP contribution is 2.27. The molecule has 1 aromatic heterocycles. The van der Waals surface area contributed by atoms with Crippen molar-refractivity contribution in [3.8, 4) is 5.75 Å². The minimum Gasteiger partial charge on any atom is -0.496 e. The number of benzene rings is 1. The van der Waals surface area contributed by atoms with E-state index in [0.717, 1.165) is 28.8 Å². The van der Waals surface area contributed by atoms with Gasteiger partial charge in [0.15, 0.2) is 0 Å². The standard InChI is InChI=1S/C15H18BrN3O/c1-3-17-14(12-6-7-18-19-10-12)9-11-4-5-15(20-2)13(16)8-11/h4-8,10,14,17H,3,9H2,1-2H3. The first-order chi connectivity index (χ1) is 9.74. The normalized spacial score (nSPS) is 12.2. The molecule has 0 amide bonds. The largest absolute Gasteiger partial charge is 0.496 e. The molecular formula is C15H18BrN3O. The van der Waals surface area contributed by atoms with Crippen LogP contribution in [0.25, 0.3) is 0 Å². The molecule has 0 saturated carbocycles. The van der Waals surface area contributed by atoms with Crippen molar-refractivity contribution in [1.82, 2.24) is 15.5 Å². The van der Waals surface area contributed by atoms with Crippen molar-refractivity contribution >= 4 is 15.9 Å². The van der Waals surface area contributed by atoms with Crippen LogP contribution in [0.5, 0.6) is 5.75 Å². The van der Waals surface area contributed by atoms with E-state index >= 15 is 0 Å². The number of halogens is 1.